The molecule has 0 saturated heterocycles. The van der Waals surface area contributed by atoms with Gasteiger partial charge in [0.2, 0.25) is 15.6 Å². The van der Waals surface area contributed by atoms with Crippen LogP contribution in [0.4, 0.5) is 0 Å². The van der Waals surface area contributed by atoms with E-state index < -0.39 is 37.8 Å². The molecule has 0 unspecified atom stereocenters. The molecule has 0 saturated carbocycles. The number of benzene rings is 3. The number of phenolic OH excluding ortho intramolecular Hbond substituents is 3. The lowest BCUT2D eigenvalue weighted by molar-refractivity contribution is 0.104. The van der Waals surface area contributed by atoms with Crippen LogP contribution in [0.25, 0.3) is 6.08 Å². The van der Waals surface area contributed by atoms with Crippen molar-refractivity contribution in [3.05, 3.63) is 86.7 Å². The van der Waals surface area contributed by atoms with E-state index in [9.17, 15) is 28.5 Å². The van der Waals surface area contributed by atoms with Crippen LogP contribution in [0.3, 0.4) is 0 Å². The third-order valence-corrected chi connectivity index (χ3v) is 6.65. The number of aromatic hydroxyl groups is 3. The van der Waals surface area contributed by atoms with Crippen molar-refractivity contribution in [2.24, 2.45) is 0 Å². The highest BCUT2D eigenvalue weighted by atomic mass is 79.9. The lowest BCUT2D eigenvalue weighted by atomic mass is 10.1. The quantitative estimate of drug-likeness (QED) is 0.358. The molecule has 0 radical (unpaired) electrons. The van der Waals surface area contributed by atoms with Gasteiger partial charge in [0.1, 0.15) is 22.2 Å². The number of phenols is 3. The molecule has 8 heteroatoms. The molecule has 0 aliphatic carbocycles. The monoisotopic (exact) mass is 488 g/mol. The van der Waals surface area contributed by atoms with Gasteiger partial charge in [0.05, 0.1) is 10.5 Å². The third kappa shape index (κ3) is 4.39. The van der Waals surface area contributed by atoms with E-state index in [0.717, 1.165) is 23.8 Å². The Bertz CT molecular complexity index is 1220. The van der Waals surface area contributed by atoms with E-state index in [-0.39, 0.29) is 16.0 Å². The second-order valence-corrected chi connectivity index (χ2v) is 9.39. The van der Waals surface area contributed by atoms with Crippen molar-refractivity contribution in [3.8, 4) is 17.2 Å². The molecule has 30 heavy (non-hydrogen) atoms. The number of carbonyl (C=O) groups is 1. The summed E-state index contributed by atoms with van der Waals surface area (Å²) in [5.74, 6) is -2.38. The van der Waals surface area contributed by atoms with Crippen LogP contribution in [0.5, 0.6) is 17.2 Å². The summed E-state index contributed by atoms with van der Waals surface area (Å²) in [7, 11) is -4.30. The number of hydrogen-bond acceptors (Lipinski definition) is 6. The second kappa shape index (κ2) is 8.33. The molecule has 154 valence electrons. The van der Waals surface area contributed by atoms with Crippen LogP contribution in [-0.2, 0) is 9.84 Å². The molecule has 0 fully saturated rings. The first kappa shape index (κ1) is 21.6. The van der Waals surface area contributed by atoms with Crippen molar-refractivity contribution in [3.63, 3.8) is 0 Å². The van der Waals surface area contributed by atoms with Crippen molar-refractivity contribution in [1.29, 1.82) is 0 Å². The molecule has 3 rings (SSSR count). The van der Waals surface area contributed by atoms with Gasteiger partial charge in [-0.15, -0.1) is 0 Å². The summed E-state index contributed by atoms with van der Waals surface area (Å²) < 4.78 is 27.3. The first-order chi connectivity index (χ1) is 14.1. The SMILES string of the molecule is Cc1ccc(S(=O)(=O)/C(=C/c2c(O)cc(O)cc2O)C(=O)c2ccc(Br)cc2)cc1. The van der Waals surface area contributed by atoms with Gasteiger partial charge in [-0.05, 0) is 49.4 Å². The molecule has 6 nitrogen and oxygen atoms in total. The Morgan fingerprint density at radius 1 is 0.900 bits per heavy atom. The van der Waals surface area contributed by atoms with Gasteiger partial charge in [0.25, 0.3) is 0 Å². The highest BCUT2D eigenvalue weighted by molar-refractivity contribution is 9.10. The Balaban J connectivity index is 2.25. The lowest BCUT2D eigenvalue weighted by Crippen LogP contribution is -2.14. The third-order valence-electron chi connectivity index (χ3n) is 4.35. The molecule has 0 atom stereocenters. The number of rotatable bonds is 5. The molecule has 0 heterocycles. The Kier molecular flexibility index (Phi) is 6.00. The predicted molar refractivity (Wildman–Crippen MR) is 116 cm³/mol. The maximum atomic E-state index is 13.3. The minimum Gasteiger partial charge on any atom is -0.508 e. The molecule has 0 bridgehead atoms. The number of Topliss-reactive ketones (excluding diaryl/α,β-unsaturated/α-hetero) is 1. The average molecular weight is 489 g/mol. The van der Waals surface area contributed by atoms with E-state index in [0.29, 0.717) is 4.47 Å². The van der Waals surface area contributed by atoms with Crippen molar-refractivity contribution in [2.75, 3.05) is 0 Å². The van der Waals surface area contributed by atoms with Crippen LogP contribution in [0, 0.1) is 6.92 Å². The number of allylic oxidation sites excluding steroid dienone is 1. The molecule has 0 aliphatic heterocycles. The van der Waals surface area contributed by atoms with Crippen molar-refractivity contribution < 1.29 is 28.5 Å². The van der Waals surface area contributed by atoms with Crippen molar-refractivity contribution in [2.45, 2.75) is 11.8 Å². The lowest BCUT2D eigenvalue weighted by Gasteiger charge is -2.11. The summed E-state index contributed by atoms with van der Waals surface area (Å²) in [6.45, 7) is 1.80. The summed E-state index contributed by atoms with van der Waals surface area (Å²) in [6, 6.07) is 13.9. The van der Waals surface area contributed by atoms with Crippen LogP contribution >= 0.6 is 15.9 Å². The Hall–Kier alpha value is -3.10. The molecule has 0 aliphatic rings. The Morgan fingerprint density at radius 2 is 1.43 bits per heavy atom. The average Bonchev–Trinajstić information content (AvgIpc) is 2.67. The van der Waals surface area contributed by atoms with Crippen LogP contribution in [0.1, 0.15) is 21.5 Å². The molecule has 3 N–H and O–H groups in total. The van der Waals surface area contributed by atoms with Gasteiger partial charge in [0.15, 0.2) is 0 Å². The summed E-state index contributed by atoms with van der Waals surface area (Å²) in [6.07, 6.45) is 0.906. The van der Waals surface area contributed by atoms with Gasteiger partial charge in [-0.1, -0.05) is 33.6 Å². The van der Waals surface area contributed by atoms with E-state index in [1.54, 1.807) is 31.2 Å². The smallest absolute Gasteiger partial charge is 0.210 e. The minimum absolute atomic E-state index is 0.109. The van der Waals surface area contributed by atoms with Crippen LogP contribution in [0.2, 0.25) is 0 Å². The number of carbonyl (C=O) groups excluding carboxylic acids is 1. The Labute approximate surface area is 181 Å². The van der Waals surface area contributed by atoms with Gasteiger partial charge in [-0.2, -0.15) is 0 Å². The topological polar surface area (TPSA) is 112 Å². The van der Waals surface area contributed by atoms with E-state index >= 15 is 0 Å². The zero-order chi connectivity index (χ0) is 22.1. The normalized spacial score (nSPS) is 12.0. The van der Waals surface area contributed by atoms with Crippen LogP contribution in [0.15, 0.2) is 74.9 Å². The van der Waals surface area contributed by atoms with E-state index in [4.69, 9.17) is 0 Å². The van der Waals surface area contributed by atoms with E-state index in [1.165, 1.54) is 24.3 Å². The van der Waals surface area contributed by atoms with Crippen LogP contribution in [-0.4, -0.2) is 29.5 Å². The van der Waals surface area contributed by atoms with Gasteiger partial charge < -0.3 is 15.3 Å². The second-order valence-electron chi connectivity index (χ2n) is 6.56. The summed E-state index contributed by atoms with van der Waals surface area (Å²) in [5, 5.41) is 29.7. The van der Waals surface area contributed by atoms with Crippen LogP contribution < -0.4 is 0 Å². The van der Waals surface area contributed by atoms with E-state index in [1.807, 2.05) is 0 Å². The van der Waals surface area contributed by atoms with Crippen molar-refractivity contribution >= 4 is 37.6 Å². The molecule has 0 aromatic heterocycles. The Morgan fingerprint density at radius 3 is 1.97 bits per heavy atom. The molecule has 0 amide bonds. The largest absolute Gasteiger partial charge is 0.508 e. The molecular weight excluding hydrogens is 472 g/mol. The van der Waals surface area contributed by atoms with Gasteiger partial charge >= 0.3 is 0 Å². The highest BCUT2D eigenvalue weighted by Gasteiger charge is 2.29. The number of sulfone groups is 1. The highest BCUT2D eigenvalue weighted by Crippen LogP contribution is 2.36. The maximum absolute atomic E-state index is 13.3. The van der Waals surface area contributed by atoms with E-state index in [2.05, 4.69) is 15.9 Å². The minimum atomic E-state index is -4.30. The van der Waals surface area contributed by atoms with Gasteiger partial charge in [-0.25, -0.2) is 8.42 Å². The first-order valence-electron chi connectivity index (χ1n) is 8.68. The number of hydrogen-bond donors (Lipinski definition) is 3. The molecular formula is C22H17BrO6S. The zero-order valence-corrected chi connectivity index (χ0v) is 18.1. The summed E-state index contributed by atoms with van der Waals surface area (Å²) in [4.78, 5) is 12.4. The fourth-order valence-corrected chi connectivity index (χ4v) is 4.39. The van der Waals surface area contributed by atoms with Gasteiger partial charge in [0, 0.05) is 22.2 Å². The zero-order valence-electron chi connectivity index (χ0n) is 15.7. The van der Waals surface area contributed by atoms with Crippen molar-refractivity contribution in [1.82, 2.24) is 0 Å². The molecule has 0 spiro atoms. The first-order valence-corrected chi connectivity index (χ1v) is 11.0. The number of aryl methyl sites for hydroxylation is 1. The predicted octanol–water partition coefficient (Wildman–Crippen LogP) is 4.57. The number of ketones is 1. The maximum Gasteiger partial charge on any atom is 0.210 e. The molecule has 3 aromatic carbocycles. The molecule has 3 aromatic rings. The fraction of sp³-hybridized carbons (Fsp3) is 0.0455. The number of halogens is 1. The van der Waals surface area contributed by atoms with Gasteiger partial charge in [-0.3, -0.25) is 4.79 Å². The standard InChI is InChI=1S/C22H17BrO6S/c1-13-2-8-17(9-3-13)30(28,29)21(22(27)14-4-6-15(23)7-5-14)12-18-19(25)10-16(24)11-20(18)26/h2-12,24-26H,1H3/b21-12+. The summed E-state index contributed by atoms with van der Waals surface area (Å²) >= 11 is 3.26. The summed E-state index contributed by atoms with van der Waals surface area (Å²) in [5.41, 5.74) is 0.648. The fourth-order valence-electron chi connectivity index (χ4n) is 2.74.